The number of hydrogen-bond donors (Lipinski definition) is 2. The molecule has 1 aromatic heterocycles. The summed E-state index contributed by atoms with van der Waals surface area (Å²) in [5.41, 5.74) is 7.15. The number of aromatic nitrogens is 2. The van der Waals surface area contributed by atoms with Crippen LogP contribution in [0.5, 0.6) is 0 Å². The first-order valence-corrected chi connectivity index (χ1v) is 12.9. The van der Waals surface area contributed by atoms with Crippen molar-refractivity contribution in [2.24, 2.45) is 5.92 Å². The molecule has 3 aromatic carbocycles. The number of carboxylic acids is 1. The lowest BCUT2D eigenvalue weighted by molar-refractivity contribution is -0.138. The summed E-state index contributed by atoms with van der Waals surface area (Å²) < 4.78 is 13.1. The van der Waals surface area contributed by atoms with E-state index in [1.807, 2.05) is 31.2 Å². The van der Waals surface area contributed by atoms with Gasteiger partial charge >= 0.3 is 5.97 Å². The number of benzene rings is 3. The van der Waals surface area contributed by atoms with Crippen LogP contribution in [-0.2, 0) is 30.7 Å². The monoisotopic (exact) mass is 511 g/mol. The quantitative estimate of drug-likeness (QED) is 0.300. The summed E-state index contributed by atoms with van der Waals surface area (Å²) in [7, 11) is 0. The molecule has 1 atom stereocenters. The van der Waals surface area contributed by atoms with Crippen LogP contribution in [0.1, 0.15) is 52.5 Å². The molecule has 0 aliphatic heterocycles. The van der Waals surface area contributed by atoms with Gasteiger partial charge in [0.1, 0.15) is 6.67 Å². The minimum Gasteiger partial charge on any atom is -0.481 e. The van der Waals surface area contributed by atoms with E-state index in [0.717, 1.165) is 24.1 Å². The first kappa shape index (κ1) is 25.5. The lowest BCUT2D eigenvalue weighted by Gasteiger charge is -2.14. The van der Waals surface area contributed by atoms with Gasteiger partial charge in [0.15, 0.2) is 0 Å². The van der Waals surface area contributed by atoms with E-state index < -0.39 is 12.6 Å². The van der Waals surface area contributed by atoms with Gasteiger partial charge in [-0.15, -0.1) is 0 Å². The molecule has 0 bridgehead atoms. The maximum absolute atomic E-state index is 13.1. The first-order chi connectivity index (χ1) is 18.4. The Morgan fingerprint density at radius 2 is 1.71 bits per heavy atom. The van der Waals surface area contributed by atoms with Crippen molar-refractivity contribution in [1.82, 2.24) is 15.3 Å². The van der Waals surface area contributed by atoms with E-state index in [0.29, 0.717) is 40.7 Å². The number of amides is 1. The van der Waals surface area contributed by atoms with Crippen LogP contribution >= 0.6 is 0 Å². The molecular weight excluding hydrogens is 481 g/mol. The number of nitrogens with one attached hydrogen (secondary N) is 1. The van der Waals surface area contributed by atoms with Crippen LogP contribution in [-0.4, -0.2) is 33.0 Å². The second-order valence-corrected chi connectivity index (χ2v) is 10.1. The third-order valence-corrected chi connectivity index (χ3v) is 7.16. The number of aryl methyl sites for hydroxylation is 1. The van der Waals surface area contributed by atoms with Crippen molar-refractivity contribution in [3.05, 3.63) is 94.7 Å². The summed E-state index contributed by atoms with van der Waals surface area (Å²) in [6.07, 6.45) is 2.88. The number of halogens is 1. The van der Waals surface area contributed by atoms with Crippen LogP contribution in [0, 0.1) is 5.92 Å². The molecule has 4 aromatic rings. The third-order valence-electron chi connectivity index (χ3n) is 7.16. The number of rotatable bonds is 9. The molecule has 38 heavy (non-hydrogen) atoms. The van der Waals surface area contributed by atoms with Crippen LogP contribution in [0.15, 0.2) is 66.7 Å². The highest BCUT2D eigenvalue weighted by atomic mass is 19.1. The van der Waals surface area contributed by atoms with Crippen molar-refractivity contribution in [2.45, 2.75) is 51.7 Å². The molecule has 0 fully saturated rings. The number of carboxylic acid groups (broad SMARTS) is 1. The SMILES string of the molecule is CC(CCc1nc2cc(C(=O)NC3Cc4ccccc4C3)ccc2nc1-c1ccc(CF)cc1)CC(=O)O. The maximum Gasteiger partial charge on any atom is 0.303 e. The predicted octanol–water partition coefficient (Wildman–Crippen LogP) is 5.71. The minimum atomic E-state index is -0.829. The second kappa shape index (κ2) is 11.1. The van der Waals surface area contributed by atoms with E-state index in [1.165, 1.54) is 11.1 Å². The molecule has 1 aliphatic rings. The largest absolute Gasteiger partial charge is 0.481 e. The van der Waals surface area contributed by atoms with Crippen molar-refractivity contribution in [3.8, 4) is 11.3 Å². The smallest absolute Gasteiger partial charge is 0.303 e. The number of carbonyl (C=O) groups excluding carboxylic acids is 1. The zero-order valence-electron chi connectivity index (χ0n) is 21.3. The molecule has 0 spiro atoms. The van der Waals surface area contributed by atoms with Crippen molar-refractivity contribution in [1.29, 1.82) is 0 Å². The normalized spacial score (nSPS) is 13.8. The topological polar surface area (TPSA) is 92.2 Å². The molecule has 2 N–H and O–H groups in total. The molecule has 194 valence electrons. The van der Waals surface area contributed by atoms with Crippen molar-refractivity contribution in [2.75, 3.05) is 0 Å². The Hall–Kier alpha value is -4.13. The van der Waals surface area contributed by atoms with Crippen LogP contribution in [0.25, 0.3) is 22.3 Å². The van der Waals surface area contributed by atoms with Gasteiger partial charge in [0.25, 0.3) is 5.91 Å². The number of carbonyl (C=O) groups is 2. The summed E-state index contributed by atoms with van der Waals surface area (Å²) >= 11 is 0. The molecule has 1 amide bonds. The van der Waals surface area contributed by atoms with Crippen LogP contribution in [0.3, 0.4) is 0 Å². The van der Waals surface area contributed by atoms with E-state index in [1.54, 1.807) is 30.3 Å². The molecule has 0 radical (unpaired) electrons. The summed E-state index contributed by atoms with van der Waals surface area (Å²) in [5, 5.41) is 12.3. The molecule has 7 heteroatoms. The standard InChI is InChI=1S/C31H30FN3O3/c1-19(14-29(36)37)6-12-27-30(21-9-7-20(18-32)8-10-21)35-26-13-11-24(17-28(26)34-27)31(38)33-25-15-22-4-2-3-5-23(22)16-25/h2-5,7-11,13,17,19,25H,6,12,14-16,18H2,1H3,(H,33,38)(H,36,37). The fourth-order valence-electron chi connectivity index (χ4n) is 5.10. The molecule has 0 saturated heterocycles. The molecule has 1 aliphatic carbocycles. The molecule has 1 unspecified atom stereocenters. The average Bonchev–Trinajstić information content (AvgIpc) is 3.33. The Bertz CT molecular complexity index is 1460. The number of fused-ring (bicyclic) bond motifs is 2. The van der Waals surface area contributed by atoms with Gasteiger partial charge in [-0.3, -0.25) is 9.59 Å². The summed E-state index contributed by atoms with van der Waals surface area (Å²) in [6, 6.07) is 20.8. The maximum atomic E-state index is 13.1. The van der Waals surface area contributed by atoms with Gasteiger partial charge < -0.3 is 10.4 Å². The van der Waals surface area contributed by atoms with Crippen molar-refractivity contribution in [3.63, 3.8) is 0 Å². The zero-order chi connectivity index (χ0) is 26.6. The number of hydrogen-bond acceptors (Lipinski definition) is 4. The highest BCUT2D eigenvalue weighted by molar-refractivity contribution is 5.97. The Labute approximate surface area is 221 Å². The van der Waals surface area contributed by atoms with Gasteiger partial charge in [-0.2, -0.15) is 0 Å². The average molecular weight is 512 g/mol. The summed E-state index contributed by atoms with van der Waals surface area (Å²) in [4.78, 5) is 34.0. The fourth-order valence-corrected chi connectivity index (χ4v) is 5.10. The number of aliphatic carboxylic acids is 1. The van der Waals surface area contributed by atoms with E-state index in [-0.39, 0.29) is 24.3 Å². The number of nitrogens with zero attached hydrogens (tertiary/aromatic N) is 2. The Balaban J connectivity index is 1.42. The summed E-state index contributed by atoms with van der Waals surface area (Å²) in [6.45, 7) is 1.36. The number of alkyl halides is 1. The van der Waals surface area contributed by atoms with Crippen LogP contribution in [0.4, 0.5) is 4.39 Å². The van der Waals surface area contributed by atoms with E-state index >= 15 is 0 Å². The van der Waals surface area contributed by atoms with E-state index in [2.05, 4.69) is 17.4 Å². The van der Waals surface area contributed by atoms with Crippen LogP contribution < -0.4 is 5.32 Å². The fraction of sp³-hybridized carbons (Fsp3) is 0.290. The van der Waals surface area contributed by atoms with Crippen molar-refractivity contribution >= 4 is 22.9 Å². The van der Waals surface area contributed by atoms with Gasteiger partial charge in [-0.05, 0) is 66.5 Å². The molecule has 1 heterocycles. The lowest BCUT2D eigenvalue weighted by Crippen LogP contribution is -2.35. The van der Waals surface area contributed by atoms with Crippen LogP contribution in [0.2, 0.25) is 0 Å². The van der Waals surface area contributed by atoms with Gasteiger partial charge in [-0.25, -0.2) is 14.4 Å². The van der Waals surface area contributed by atoms with E-state index in [9.17, 15) is 14.0 Å². The lowest BCUT2D eigenvalue weighted by atomic mass is 9.98. The second-order valence-electron chi connectivity index (χ2n) is 10.1. The molecule has 5 rings (SSSR count). The molecule has 0 saturated carbocycles. The Kier molecular flexibility index (Phi) is 7.45. The van der Waals surface area contributed by atoms with Gasteiger partial charge in [0.2, 0.25) is 0 Å². The van der Waals surface area contributed by atoms with Crippen molar-refractivity contribution < 1.29 is 19.1 Å². The zero-order valence-corrected chi connectivity index (χ0v) is 21.3. The third kappa shape index (κ3) is 5.72. The van der Waals surface area contributed by atoms with Gasteiger partial charge in [0, 0.05) is 23.6 Å². The minimum absolute atomic E-state index is 0.0283. The van der Waals surface area contributed by atoms with E-state index in [4.69, 9.17) is 15.1 Å². The highest BCUT2D eigenvalue weighted by Gasteiger charge is 2.23. The Morgan fingerprint density at radius 1 is 1.00 bits per heavy atom. The van der Waals surface area contributed by atoms with Gasteiger partial charge in [0.05, 0.1) is 22.4 Å². The summed E-state index contributed by atoms with van der Waals surface area (Å²) in [5.74, 6) is -1.00. The Morgan fingerprint density at radius 3 is 2.37 bits per heavy atom. The predicted molar refractivity (Wildman–Crippen MR) is 145 cm³/mol. The molecule has 6 nitrogen and oxygen atoms in total. The highest BCUT2D eigenvalue weighted by Crippen LogP contribution is 2.27. The van der Waals surface area contributed by atoms with Gasteiger partial charge in [-0.1, -0.05) is 55.5 Å². The first-order valence-electron chi connectivity index (χ1n) is 12.9. The molecular formula is C31H30FN3O3.